The predicted molar refractivity (Wildman–Crippen MR) is 89.2 cm³/mol. The summed E-state index contributed by atoms with van der Waals surface area (Å²) in [7, 11) is 0. The van der Waals surface area contributed by atoms with Crippen LogP contribution in [-0.4, -0.2) is 17.8 Å². The number of aliphatic hydroxyl groups is 1. The lowest BCUT2D eigenvalue weighted by Gasteiger charge is -2.28. The Hall–Kier alpha value is -1.26. The molecule has 2 aromatic carbocycles. The molecule has 5 heteroatoms. The molecule has 22 heavy (non-hydrogen) atoms. The van der Waals surface area contributed by atoms with Crippen molar-refractivity contribution in [3.8, 4) is 0 Å². The molecule has 0 aromatic heterocycles. The Balaban J connectivity index is 2.08. The molecule has 1 saturated heterocycles. The van der Waals surface area contributed by atoms with Crippen LogP contribution in [0.4, 0.5) is 5.69 Å². The normalized spacial score (nSPS) is 24.7. The number of hydrogen-bond acceptors (Lipinski definition) is 3. The Kier molecular flexibility index (Phi) is 4.59. The number of nitrogens with zero attached hydrogens (tertiary/aromatic N) is 1. The van der Waals surface area contributed by atoms with Crippen molar-refractivity contribution in [2.45, 2.75) is 19.1 Å². The third kappa shape index (κ3) is 2.70. The van der Waals surface area contributed by atoms with Gasteiger partial charge in [0, 0.05) is 5.92 Å². The van der Waals surface area contributed by atoms with Crippen molar-refractivity contribution in [2.75, 3.05) is 11.7 Å². The van der Waals surface area contributed by atoms with Crippen molar-refractivity contribution in [1.82, 2.24) is 0 Å². The van der Waals surface area contributed by atoms with Gasteiger partial charge in [-0.15, -0.1) is 0 Å². The average Bonchev–Trinajstić information content (AvgIpc) is 2.87. The highest BCUT2D eigenvalue weighted by molar-refractivity contribution is 6.42. The molecule has 1 aliphatic heterocycles. The zero-order valence-corrected chi connectivity index (χ0v) is 13.6. The zero-order chi connectivity index (χ0) is 15.7. The number of aliphatic hydroxyl groups excluding tert-OH is 1. The van der Waals surface area contributed by atoms with Crippen molar-refractivity contribution in [3.05, 3.63) is 64.1 Å². The first-order valence-electron chi connectivity index (χ1n) is 7.19. The molecule has 116 valence electrons. The molecule has 3 atom stereocenters. The van der Waals surface area contributed by atoms with Gasteiger partial charge in [0.2, 0.25) is 0 Å². The first kappa shape index (κ1) is 15.6. The highest BCUT2D eigenvalue weighted by Crippen LogP contribution is 2.45. The van der Waals surface area contributed by atoms with Crippen LogP contribution >= 0.6 is 23.2 Å². The summed E-state index contributed by atoms with van der Waals surface area (Å²) in [5.41, 5.74) is 1.78. The second kappa shape index (κ2) is 6.47. The maximum Gasteiger partial charge on any atom is 0.0906 e. The van der Waals surface area contributed by atoms with Crippen LogP contribution in [0, 0.1) is 5.92 Å². The molecule has 0 unspecified atom stereocenters. The lowest BCUT2D eigenvalue weighted by atomic mass is 9.90. The van der Waals surface area contributed by atoms with E-state index < -0.39 is 0 Å². The van der Waals surface area contributed by atoms with Crippen LogP contribution in [0.3, 0.4) is 0 Å². The SMILES string of the molecule is C[C@@H]1ON(c2ccccc2)[C@H](c2cccc(Cl)c2Cl)[C@H]1CO. The quantitative estimate of drug-likeness (QED) is 0.895. The second-order valence-electron chi connectivity index (χ2n) is 5.41. The van der Waals surface area contributed by atoms with Crippen LogP contribution in [0.2, 0.25) is 10.0 Å². The van der Waals surface area contributed by atoms with Gasteiger partial charge in [-0.2, -0.15) is 0 Å². The van der Waals surface area contributed by atoms with E-state index >= 15 is 0 Å². The summed E-state index contributed by atoms with van der Waals surface area (Å²) in [6.45, 7) is 1.97. The molecule has 1 aliphatic rings. The first-order chi connectivity index (χ1) is 10.6. The van der Waals surface area contributed by atoms with Crippen molar-refractivity contribution < 1.29 is 9.94 Å². The first-order valence-corrected chi connectivity index (χ1v) is 7.95. The highest BCUT2D eigenvalue weighted by Gasteiger charge is 2.43. The van der Waals surface area contributed by atoms with Gasteiger partial charge in [-0.25, -0.2) is 5.06 Å². The molecule has 1 fully saturated rings. The Morgan fingerprint density at radius 1 is 1.09 bits per heavy atom. The minimum Gasteiger partial charge on any atom is -0.396 e. The number of halogens is 2. The predicted octanol–water partition coefficient (Wildman–Crippen LogP) is 4.48. The molecule has 0 radical (unpaired) electrons. The number of hydrogen-bond donors (Lipinski definition) is 1. The van der Waals surface area contributed by atoms with Crippen molar-refractivity contribution in [1.29, 1.82) is 0 Å². The maximum absolute atomic E-state index is 9.81. The summed E-state index contributed by atoms with van der Waals surface area (Å²) >= 11 is 12.6. The molecule has 0 aliphatic carbocycles. The number of rotatable bonds is 3. The van der Waals surface area contributed by atoms with Crippen LogP contribution in [-0.2, 0) is 4.84 Å². The zero-order valence-electron chi connectivity index (χ0n) is 12.1. The Morgan fingerprint density at radius 2 is 1.82 bits per heavy atom. The molecule has 2 aromatic rings. The minimum absolute atomic E-state index is 0.0119. The summed E-state index contributed by atoms with van der Waals surface area (Å²) in [4.78, 5) is 5.98. The van der Waals surface area contributed by atoms with E-state index in [1.165, 1.54) is 0 Å². The van der Waals surface area contributed by atoms with Crippen LogP contribution < -0.4 is 5.06 Å². The summed E-state index contributed by atoms with van der Waals surface area (Å²) < 4.78 is 0. The fourth-order valence-electron chi connectivity index (χ4n) is 2.90. The second-order valence-corrected chi connectivity index (χ2v) is 6.19. The van der Waals surface area contributed by atoms with Gasteiger partial charge < -0.3 is 5.11 Å². The van der Waals surface area contributed by atoms with E-state index in [2.05, 4.69) is 0 Å². The van der Waals surface area contributed by atoms with Gasteiger partial charge in [-0.3, -0.25) is 4.84 Å². The van der Waals surface area contributed by atoms with E-state index in [0.29, 0.717) is 10.0 Å². The van der Waals surface area contributed by atoms with Gasteiger partial charge in [-0.1, -0.05) is 53.5 Å². The third-order valence-electron chi connectivity index (χ3n) is 4.06. The lowest BCUT2D eigenvalue weighted by Crippen LogP contribution is -2.26. The number of anilines is 1. The fraction of sp³-hybridized carbons (Fsp3) is 0.294. The number of hydroxylamine groups is 1. The van der Waals surface area contributed by atoms with E-state index in [1.807, 2.05) is 54.5 Å². The maximum atomic E-state index is 9.81. The molecule has 1 N–H and O–H groups in total. The van der Waals surface area contributed by atoms with Gasteiger partial charge in [0.25, 0.3) is 0 Å². The standard InChI is InChI=1S/C17H17Cl2NO2/c1-11-14(10-21)17(13-8-5-9-15(18)16(13)19)20(22-11)12-6-3-2-4-7-12/h2-9,11,14,17,21H,10H2,1H3/t11-,14-,17+/m0/s1. The molecular formula is C17H17Cl2NO2. The van der Waals surface area contributed by atoms with Gasteiger partial charge in [0.1, 0.15) is 0 Å². The van der Waals surface area contributed by atoms with Crippen molar-refractivity contribution in [2.24, 2.45) is 5.92 Å². The van der Waals surface area contributed by atoms with Crippen molar-refractivity contribution in [3.63, 3.8) is 0 Å². The minimum atomic E-state index is -0.186. The van der Waals surface area contributed by atoms with Gasteiger partial charge >= 0.3 is 0 Å². The Morgan fingerprint density at radius 3 is 2.50 bits per heavy atom. The molecule has 3 nitrogen and oxygen atoms in total. The number of para-hydroxylation sites is 1. The molecule has 0 saturated carbocycles. The fourth-order valence-corrected chi connectivity index (χ4v) is 3.32. The largest absolute Gasteiger partial charge is 0.396 e. The summed E-state index contributed by atoms with van der Waals surface area (Å²) in [6.07, 6.45) is -0.120. The van der Waals surface area contributed by atoms with E-state index in [0.717, 1.165) is 11.3 Å². The van der Waals surface area contributed by atoms with Crippen LogP contribution in [0.1, 0.15) is 18.5 Å². The molecule has 0 bridgehead atoms. The van der Waals surface area contributed by atoms with Crippen LogP contribution in [0.15, 0.2) is 48.5 Å². The smallest absolute Gasteiger partial charge is 0.0906 e. The lowest BCUT2D eigenvalue weighted by molar-refractivity contribution is 0.0695. The average molecular weight is 338 g/mol. The van der Waals surface area contributed by atoms with E-state index in [4.69, 9.17) is 28.0 Å². The summed E-state index contributed by atoms with van der Waals surface area (Å²) in [5.74, 6) is -0.0869. The van der Waals surface area contributed by atoms with Gasteiger partial charge in [0.15, 0.2) is 0 Å². The molecule has 1 heterocycles. The van der Waals surface area contributed by atoms with E-state index in [1.54, 1.807) is 6.07 Å². The third-order valence-corrected chi connectivity index (χ3v) is 4.90. The molecule has 0 amide bonds. The molecule has 0 spiro atoms. The Labute approximate surface area is 140 Å². The monoisotopic (exact) mass is 337 g/mol. The van der Waals surface area contributed by atoms with Gasteiger partial charge in [0.05, 0.1) is 34.5 Å². The topological polar surface area (TPSA) is 32.7 Å². The van der Waals surface area contributed by atoms with Crippen molar-refractivity contribution >= 4 is 28.9 Å². The summed E-state index contributed by atoms with van der Waals surface area (Å²) in [5, 5.41) is 12.6. The molecular weight excluding hydrogens is 321 g/mol. The summed E-state index contributed by atoms with van der Waals surface area (Å²) in [6, 6.07) is 15.2. The highest BCUT2D eigenvalue weighted by atomic mass is 35.5. The van der Waals surface area contributed by atoms with E-state index in [-0.39, 0.29) is 24.7 Å². The van der Waals surface area contributed by atoms with Crippen LogP contribution in [0.5, 0.6) is 0 Å². The van der Waals surface area contributed by atoms with Crippen LogP contribution in [0.25, 0.3) is 0 Å². The molecule has 3 rings (SSSR count). The number of benzene rings is 2. The Bertz CT molecular complexity index is 650. The van der Waals surface area contributed by atoms with Gasteiger partial charge in [-0.05, 0) is 30.7 Å². The van der Waals surface area contributed by atoms with E-state index in [9.17, 15) is 5.11 Å².